The molecule has 2 aliphatic rings. The first-order valence-electron chi connectivity index (χ1n) is 7.78. The summed E-state index contributed by atoms with van der Waals surface area (Å²) >= 11 is 0. The van der Waals surface area contributed by atoms with E-state index < -0.39 is 0 Å². The molecule has 106 valence electrons. The molecular weight excluding hydrogens is 220 g/mol. The molecule has 18 heavy (non-hydrogen) atoms. The fraction of sp³-hybridized carbons (Fsp3) is 1.00. The van der Waals surface area contributed by atoms with Crippen molar-refractivity contribution in [2.75, 3.05) is 19.6 Å². The molecule has 0 unspecified atom stereocenters. The lowest BCUT2D eigenvalue weighted by molar-refractivity contribution is 0.0110. The lowest BCUT2D eigenvalue weighted by Crippen LogP contribution is -2.61. The maximum atomic E-state index is 3.54. The number of nitrogens with zero attached hydrogens (tertiary/aromatic N) is 1. The van der Waals surface area contributed by atoms with Gasteiger partial charge in [0.1, 0.15) is 0 Å². The van der Waals surface area contributed by atoms with Gasteiger partial charge in [0.15, 0.2) is 0 Å². The lowest BCUT2D eigenvalue weighted by atomic mass is 9.70. The Morgan fingerprint density at radius 1 is 1.06 bits per heavy atom. The van der Waals surface area contributed by atoms with E-state index in [1.807, 2.05) is 0 Å². The smallest absolute Gasteiger partial charge is 0.0281 e. The highest BCUT2D eigenvalue weighted by Crippen LogP contribution is 2.40. The van der Waals surface area contributed by atoms with Crippen molar-refractivity contribution < 1.29 is 0 Å². The van der Waals surface area contributed by atoms with Crippen LogP contribution in [-0.4, -0.2) is 36.1 Å². The van der Waals surface area contributed by atoms with Crippen molar-refractivity contribution in [3.63, 3.8) is 0 Å². The second kappa shape index (κ2) is 5.13. The summed E-state index contributed by atoms with van der Waals surface area (Å²) in [5.74, 6) is 0.930. The first-order valence-corrected chi connectivity index (χ1v) is 7.78. The quantitative estimate of drug-likeness (QED) is 0.770. The summed E-state index contributed by atoms with van der Waals surface area (Å²) in [5, 5.41) is 3.54. The number of hydrogen-bond acceptors (Lipinski definition) is 2. The van der Waals surface area contributed by atoms with Gasteiger partial charge in [-0.05, 0) is 50.9 Å². The maximum absolute atomic E-state index is 3.54. The fourth-order valence-corrected chi connectivity index (χ4v) is 3.93. The Hall–Kier alpha value is -0.0800. The van der Waals surface area contributed by atoms with E-state index >= 15 is 0 Å². The maximum Gasteiger partial charge on any atom is 0.0281 e. The molecule has 1 aliphatic carbocycles. The zero-order valence-electron chi connectivity index (χ0n) is 13.1. The van der Waals surface area contributed by atoms with E-state index in [1.54, 1.807) is 0 Å². The third kappa shape index (κ3) is 3.08. The van der Waals surface area contributed by atoms with Crippen molar-refractivity contribution in [1.29, 1.82) is 0 Å². The second-order valence-corrected chi connectivity index (χ2v) is 8.05. The van der Waals surface area contributed by atoms with Crippen molar-refractivity contribution in [2.24, 2.45) is 11.3 Å². The molecule has 0 radical (unpaired) electrons. The standard InChI is InChI=1S/C16H32N2/c1-15(2,3)13-6-8-14(9-7-13)18-11-10-17-12-16(18,4)5/h13-14,17H,6-12H2,1-5H3. The van der Waals surface area contributed by atoms with Gasteiger partial charge in [-0.2, -0.15) is 0 Å². The van der Waals surface area contributed by atoms with Crippen LogP contribution in [0.4, 0.5) is 0 Å². The van der Waals surface area contributed by atoms with Crippen molar-refractivity contribution >= 4 is 0 Å². The summed E-state index contributed by atoms with van der Waals surface area (Å²) in [5.41, 5.74) is 0.849. The van der Waals surface area contributed by atoms with Crippen LogP contribution in [0.2, 0.25) is 0 Å². The highest BCUT2D eigenvalue weighted by atomic mass is 15.3. The molecule has 2 fully saturated rings. The average Bonchev–Trinajstić information content (AvgIpc) is 2.27. The summed E-state index contributed by atoms with van der Waals surface area (Å²) < 4.78 is 0. The van der Waals surface area contributed by atoms with Crippen molar-refractivity contribution in [3.8, 4) is 0 Å². The summed E-state index contributed by atoms with van der Waals surface area (Å²) in [4.78, 5) is 2.78. The van der Waals surface area contributed by atoms with Gasteiger partial charge in [0.25, 0.3) is 0 Å². The molecule has 2 heteroatoms. The molecule has 1 aliphatic heterocycles. The summed E-state index contributed by atoms with van der Waals surface area (Å²) in [6.45, 7) is 15.6. The van der Waals surface area contributed by atoms with Gasteiger partial charge in [0.2, 0.25) is 0 Å². The van der Waals surface area contributed by atoms with Crippen LogP contribution in [0.1, 0.15) is 60.3 Å². The van der Waals surface area contributed by atoms with Crippen molar-refractivity contribution in [3.05, 3.63) is 0 Å². The third-order valence-electron chi connectivity index (χ3n) is 5.23. The minimum Gasteiger partial charge on any atom is -0.314 e. The van der Waals surface area contributed by atoms with Gasteiger partial charge in [-0.1, -0.05) is 20.8 Å². The van der Waals surface area contributed by atoms with Crippen LogP contribution in [0, 0.1) is 11.3 Å². The Balaban J connectivity index is 1.93. The molecule has 2 rings (SSSR count). The third-order valence-corrected chi connectivity index (χ3v) is 5.23. The topological polar surface area (TPSA) is 15.3 Å². The number of rotatable bonds is 1. The van der Waals surface area contributed by atoms with E-state index in [1.165, 1.54) is 38.8 Å². The van der Waals surface area contributed by atoms with E-state index in [2.05, 4.69) is 44.8 Å². The van der Waals surface area contributed by atoms with Gasteiger partial charge < -0.3 is 5.32 Å². The minimum absolute atomic E-state index is 0.345. The van der Waals surface area contributed by atoms with E-state index in [0.717, 1.165) is 18.5 Å². The van der Waals surface area contributed by atoms with Crippen LogP contribution < -0.4 is 5.32 Å². The predicted molar refractivity (Wildman–Crippen MR) is 78.9 cm³/mol. The van der Waals surface area contributed by atoms with Gasteiger partial charge in [-0.25, -0.2) is 0 Å². The van der Waals surface area contributed by atoms with Crippen LogP contribution in [-0.2, 0) is 0 Å². The molecule has 0 amide bonds. The SMILES string of the molecule is CC(C)(C)C1CCC(N2CCNCC2(C)C)CC1. The number of hydrogen-bond donors (Lipinski definition) is 1. The monoisotopic (exact) mass is 252 g/mol. The molecule has 0 aromatic rings. The van der Waals surface area contributed by atoms with E-state index in [-0.39, 0.29) is 0 Å². The highest BCUT2D eigenvalue weighted by molar-refractivity contribution is 4.94. The Labute approximate surface area is 114 Å². The molecule has 0 aromatic heterocycles. The predicted octanol–water partition coefficient (Wildman–Crippen LogP) is 3.28. The molecule has 0 aromatic carbocycles. The normalized spacial score (nSPS) is 34.5. The van der Waals surface area contributed by atoms with Crippen LogP contribution >= 0.6 is 0 Å². The average molecular weight is 252 g/mol. The molecular formula is C16H32N2. The molecule has 0 bridgehead atoms. The zero-order chi connectivity index (χ0) is 13.4. The Morgan fingerprint density at radius 2 is 1.67 bits per heavy atom. The van der Waals surface area contributed by atoms with Crippen LogP contribution in [0.3, 0.4) is 0 Å². The minimum atomic E-state index is 0.345. The first-order chi connectivity index (χ1) is 8.31. The van der Waals surface area contributed by atoms with Crippen LogP contribution in [0.25, 0.3) is 0 Å². The molecule has 1 N–H and O–H groups in total. The van der Waals surface area contributed by atoms with Gasteiger partial charge >= 0.3 is 0 Å². The van der Waals surface area contributed by atoms with Crippen molar-refractivity contribution in [1.82, 2.24) is 10.2 Å². The van der Waals surface area contributed by atoms with Gasteiger partial charge in [-0.15, -0.1) is 0 Å². The number of nitrogens with one attached hydrogen (secondary N) is 1. The van der Waals surface area contributed by atoms with E-state index in [0.29, 0.717) is 11.0 Å². The van der Waals surface area contributed by atoms with Crippen molar-refractivity contribution in [2.45, 2.75) is 71.9 Å². The van der Waals surface area contributed by atoms with Crippen LogP contribution in [0.5, 0.6) is 0 Å². The Morgan fingerprint density at radius 3 is 2.17 bits per heavy atom. The fourth-order valence-electron chi connectivity index (χ4n) is 3.93. The molecule has 1 heterocycles. The molecule has 1 saturated heterocycles. The van der Waals surface area contributed by atoms with Gasteiger partial charge in [0.05, 0.1) is 0 Å². The first kappa shape index (κ1) is 14.3. The summed E-state index contributed by atoms with van der Waals surface area (Å²) in [6.07, 6.45) is 5.67. The molecule has 0 spiro atoms. The number of piperazine rings is 1. The van der Waals surface area contributed by atoms with Crippen LogP contribution in [0.15, 0.2) is 0 Å². The van der Waals surface area contributed by atoms with Gasteiger partial charge in [0, 0.05) is 31.2 Å². The van der Waals surface area contributed by atoms with E-state index in [4.69, 9.17) is 0 Å². The zero-order valence-corrected chi connectivity index (χ0v) is 13.1. The summed E-state index contributed by atoms with van der Waals surface area (Å²) in [7, 11) is 0. The largest absolute Gasteiger partial charge is 0.314 e. The molecule has 2 nitrogen and oxygen atoms in total. The Bertz CT molecular complexity index is 269. The lowest BCUT2D eigenvalue weighted by Gasteiger charge is -2.50. The van der Waals surface area contributed by atoms with E-state index in [9.17, 15) is 0 Å². The second-order valence-electron chi connectivity index (χ2n) is 8.05. The van der Waals surface area contributed by atoms with Gasteiger partial charge in [-0.3, -0.25) is 4.90 Å². The Kier molecular flexibility index (Phi) is 4.08. The highest BCUT2D eigenvalue weighted by Gasteiger charge is 2.38. The molecule has 1 saturated carbocycles. The summed E-state index contributed by atoms with van der Waals surface area (Å²) in [6, 6.07) is 0.834. The molecule has 0 atom stereocenters.